The van der Waals surface area contributed by atoms with Crippen molar-refractivity contribution in [2.75, 3.05) is 45.3 Å². The highest BCUT2D eigenvalue weighted by molar-refractivity contribution is 5.54. The minimum atomic E-state index is -0.390. The Morgan fingerprint density at radius 3 is 2.07 bits per heavy atom. The third-order valence-corrected chi connectivity index (χ3v) is 6.30. The molecule has 1 aliphatic heterocycles. The summed E-state index contributed by atoms with van der Waals surface area (Å²) >= 11 is 0. The van der Waals surface area contributed by atoms with Crippen LogP contribution in [0.2, 0.25) is 0 Å². The Labute approximate surface area is 167 Å². The molecule has 5 heteroatoms. The first kappa shape index (κ1) is 19.1. The number of aliphatic hydroxyl groups is 1. The van der Waals surface area contributed by atoms with E-state index in [2.05, 4.69) is 41.0 Å². The van der Waals surface area contributed by atoms with Crippen molar-refractivity contribution in [3.05, 3.63) is 53.1 Å². The monoisotopic (exact) mass is 382 g/mol. The van der Waals surface area contributed by atoms with Crippen molar-refractivity contribution in [2.45, 2.75) is 31.9 Å². The van der Waals surface area contributed by atoms with E-state index in [1.807, 2.05) is 12.1 Å². The maximum Gasteiger partial charge on any atom is 0.122 e. The lowest BCUT2D eigenvalue weighted by Crippen LogP contribution is -2.56. The molecule has 0 aromatic heterocycles. The number of ether oxygens (including phenoxy) is 2. The Balaban J connectivity index is 1.50. The third kappa shape index (κ3) is 3.45. The Morgan fingerprint density at radius 1 is 0.857 bits per heavy atom. The summed E-state index contributed by atoms with van der Waals surface area (Å²) in [5.74, 6) is 1.74. The van der Waals surface area contributed by atoms with E-state index in [1.54, 1.807) is 14.2 Å². The number of benzene rings is 2. The first-order chi connectivity index (χ1) is 13.6. The zero-order valence-corrected chi connectivity index (χ0v) is 17.0. The number of para-hydroxylation sites is 1. The van der Waals surface area contributed by atoms with Crippen molar-refractivity contribution in [1.29, 1.82) is 0 Å². The first-order valence-corrected chi connectivity index (χ1v) is 10.1. The predicted molar refractivity (Wildman–Crippen MR) is 112 cm³/mol. The molecule has 2 aromatic rings. The second-order valence-electron chi connectivity index (χ2n) is 7.78. The van der Waals surface area contributed by atoms with Gasteiger partial charge >= 0.3 is 0 Å². The summed E-state index contributed by atoms with van der Waals surface area (Å²) in [4.78, 5) is 4.90. The van der Waals surface area contributed by atoms with Gasteiger partial charge in [0.05, 0.1) is 20.3 Å². The van der Waals surface area contributed by atoms with Gasteiger partial charge < -0.3 is 19.5 Å². The van der Waals surface area contributed by atoms with E-state index in [0.717, 1.165) is 49.7 Å². The zero-order valence-electron chi connectivity index (χ0n) is 17.0. The second-order valence-corrected chi connectivity index (χ2v) is 7.78. The van der Waals surface area contributed by atoms with E-state index >= 15 is 0 Å². The average molecular weight is 383 g/mol. The molecule has 0 spiro atoms. The maximum absolute atomic E-state index is 10.9. The van der Waals surface area contributed by atoms with Crippen molar-refractivity contribution in [3.8, 4) is 11.5 Å². The van der Waals surface area contributed by atoms with Gasteiger partial charge in [-0.05, 0) is 37.1 Å². The van der Waals surface area contributed by atoms with Crippen LogP contribution in [0.4, 0.5) is 5.69 Å². The van der Waals surface area contributed by atoms with Gasteiger partial charge in [0.15, 0.2) is 0 Å². The molecule has 1 fully saturated rings. The summed E-state index contributed by atoms with van der Waals surface area (Å²) in [6.45, 7) is 6.05. The fraction of sp³-hybridized carbons (Fsp3) is 0.478. The first-order valence-electron chi connectivity index (χ1n) is 10.1. The summed E-state index contributed by atoms with van der Waals surface area (Å²) in [6, 6.07) is 12.6. The molecule has 0 unspecified atom stereocenters. The largest absolute Gasteiger partial charge is 0.496 e. The number of rotatable bonds is 4. The van der Waals surface area contributed by atoms with E-state index < -0.39 is 6.10 Å². The fourth-order valence-electron chi connectivity index (χ4n) is 4.76. The molecule has 1 saturated heterocycles. The van der Waals surface area contributed by atoms with Crippen LogP contribution < -0.4 is 14.4 Å². The fourth-order valence-corrected chi connectivity index (χ4v) is 4.76. The molecule has 0 radical (unpaired) electrons. The van der Waals surface area contributed by atoms with Gasteiger partial charge in [-0.15, -0.1) is 0 Å². The van der Waals surface area contributed by atoms with Crippen LogP contribution in [0.3, 0.4) is 0 Å². The lowest BCUT2D eigenvalue weighted by Gasteiger charge is -2.44. The Bertz CT molecular complexity index is 831. The van der Waals surface area contributed by atoms with Crippen LogP contribution in [0.5, 0.6) is 11.5 Å². The minimum absolute atomic E-state index is 0.118. The van der Waals surface area contributed by atoms with Gasteiger partial charge in [0.25, 0.3) is 0 Å². The third-order valence-electron chi connectivity index (χ3n) is 6.30. The van der Waals surface area contributed by atoms with Gasteiger partial charge in [0.1, 0.15) is 11.5 Å². The lowest BCUT2D eigenvalue weighted by molar-refractivity contribution is 0.0385. The average Bonchev–Trinajstić information content (AvgIpc) is 2.73. The highest BCUT2D eigenvalue weighted by Gasteiger charge is 2.36. The molecule has 4 rings (SSSR count). The Hall–Kier alpha value is -2.24. The van der Waals surface area contributed by atoms with E-state index in [9.17, 15) is 5.11 Å². The van der Waals surface area contributed by atoms with Crippen molar-refractivity contribution in [2.24, 2.45) is 0 Å². The minimum Gasteiger partial charge on any atom is -0.496 e. The molecule has 2 atom stereocenters. The van der Waals surface area contributed by atoms with Crippen LogP contribution in [0.15, 0.2) is 36.4 Å². The molecule has 1 N–H and O–H groups in total. The molecule has 0 amide bonds. The highest BCUT2D eigenvalue weighted by atomic mass is 16.5. The van der Waals surface area contributed by atoms with Crippen molar-refractivity contribution < 1.29 is 14.6 Å². The number of piperazine rings is 1. The molecule has 28 heavy (non-hydrogen) atoms. The molecule has 2 aromatic carbocycles. The van der Waals surface area contributed by atoms with E-state index in [4.69, 9.17) is 9.47 Å². The summed E-state index contributed by atoms with van der Waals surface area (Å²) in [5, 5.41) is 10.9. The SMILES string of the molecule is COc1ccc(OC)c2c1C[C@@H](O)[C@H](N1CCN(c3ccccc3C)CC1)C2. The van der Waals surface area contributed by atoms with Crippen molar-refractivity contribution >= 4 is 5.69 Å². The predicted octanol–water partition coefficient (Wildman–Crippen LogP) is 2.66. The standard InChI is InChI=1S/C23H30N2O3/c1-16-6-4-5-7-19(16)24-10-12-25(13-11-24)20-14-17-18(15-21(20)26)23(28-3)9-8-22(17)27-2/h4-9,20-21,26H,10-15H2,1-3H3/t20-,21-/m1/s1. The normalized spacial score (nSPS) is 22.6. The number of hydrogen-bond acceptors (Lipinski definition) is 5. The Kier molecular flexibility index (Phi) is 5.47. The number of aryl methyl sites for hydroxylation is 1. The van der Waals surface area contributed by atoms with Crippen LogP contribution in [0, 0.1) is 6.92 Å². The number of hydrogen-bond donors (Lipinski definition) is 1. The highest BCUT2D eigenvalue weighted by Crippen LogP contribution is 2.37. The van der Waals surface area contributed by atoms with Gasteiger partial charge in [-0.3, -0.25) is 4.90 Å². The maximum atomic E-state index is 10.9. The topological polar surface area (TPSA) is 45.2 Å². The van der Waals surface area contributed by atoms with Gasteiger partial charge in [-0.1, -0.05) is 18.2 Å². The van der Waals surface area contributed by atoms with E-state index in [-0.39, 0.29) is 6.04 Å². The molecular weight excluding hydrogens is 352 g/mol. The summed E-state index contributed by atoms with van der Waals surface area (Å²) in [6.07, 6.45) is 1.01. The molecule has 1 heterocycles. The molecule has 5 nitrogen and oxygen atoms in total. The van der Waals surface area contributed by atoms with Crippen LogP contribution in [0.1, 0.15) is 16.7 Å². The zero-order chi connectivity index (χ0) is 19.7. The lowest BCUT2D eigenvalue weighted by atomic mass is 9.84. The van der Waals surface area contributed by atoms with Crippen LogP contribution in [0.25, 0.3) is 0 Å². The van der Waals surface area contributed by atoms with Crippen LogP contribution >= 0.6 is 0 Å². The van der Waals surface area contributed by atoms with Gasteiger partial charge in [-0.2, -0.15) is 0 Å². The number of nitrogens with zero attached hydrogens (tertiary/aromatic N) is 2. The summed E-state index contributed by atoms with van der Waals surface area (Å²) in [5.41, 5.74) is 4.91. The quantitative estimate of drug-likeness (QED) is 0.881. The molecule has 150 valence electrons. The number of aliphatic hydroxyl groups excluding tert-OH is 1. The number of fused-ring (bicyclic) bond motifs is 1. The van der Waals surface area contributed by atoms with Crippen molar-refractivity contribution in [1.82, 2.24) is 4.90 Å². The van der Waals surface area contributed by atoms with Crippen LogP contribution in [-0.4, -0.2) is 62.6 Å². The molecule has 2 aliphatic rings. The number of anilines is 1. The number of methoxy groups -OCH3 is 2. The van der Waals surface area contributed by atoms with Gasteiger partial charge in [0.2, 0.25) is 0 Å². The Morgan fingerprint density at radius 2 is 1.46 bits per heavy atom. The molecule has 0 saturated carbocycles. The van der Waals surface area contributed by atoms with Gasteiger partial charge in [0, 0.05) is 55.5 Å². The summed E-state index contributed by atoms with van der Waals surface area (Å²) < 4.78 is 11.1. The van der Waals surface area contributed by atoms with E-state index in [1.165, 1.54) is 16.8 Å². The summed E-state index contributed by atoms with van der Waals surface area (Å²) in [7, 11) is 3.40. The molecule has 1 aliphatic carbocycles. The molecular formula is C23H30N2O3. The molecule has 0 bridgehead atoms. The van der Waals surface area contributed by atoms with Crippen LogP contribution in [-0.2, 0) is 12.8 Å². The van der Waals surface area contributed by atoms with Crippen molar-refractivity contribution in [3.63, 3.8) is 0 Å². The van der Waals surface area contributed by atoms with E-state index in [0.29, 0.717) is 6.42 Å². The smallest absolute Gasteiger partial charge is 0.122 e. The van der Waals surface area contributed by atoms with Gasteiger partial charge in [-0.25, -0.2) is 0 Å². The second kappa shape index (κ2) is 8.02.